The van der Waals surface area contributed by atoms with Gasteiger partial charge in [-0.2, -0.15) is 0 Å². The van der Waals surface area contributed by atoms with Crippen molar-refractivity contribution in [1.82, 2.24) is 9.55 Å². The minimum Gasteiger partial charge on any atom is -0.459 e. The molecule has 0 bridgehead atoms. The number of thiophene rings is 1. The van der Waals surface area contributed by atoms with E-state index in [0.717, 1.165) is 47.2 Å². The summed E-state index contributed by atoms with van der Waals surface area (Å²) in [6.07, 6.45) is 4.10. The molecule has 162 valence electrons. The third-order valence-electron chi connectivity index (χ3n) is 6.01. The molecule has 6 heteroatoms. The van der Waals surface area contributed by atoms with E-state index in [1.165, 1.54) is 9.44 Å². The molecule has 0 fully saturated rings. The number of carbonyl (C=O) groups is 1. The SMILES string of the molecule is CC(C(=O)OCc1ccccc1)n1c(-c2ccccc2)nc2sc3c(c2c1=O)CCCC3. The van der Waals surface area contributed by atoms with Gasteiger partial charge in [-0.1, -0.05) is 60.7 Å². The predicted molar refractivity (Wildman–Crippen MR) is 127 cm³/mol. The predicted octanol–water partition coefficient (Wildman–Crippen LogP) is 5.31. The summed E-state index contributed by atoms with van der Waals surface area (Å²) in [4.78, 5) is 33.7. The molecule has 1 aliphatic rings. The van der Waals surface area contributed by atoms with E-state index in [2.05, 4.69) is 0 Å². The Morgan fingerprint density at radius 3 is 2.50 bits per heavy atom. The molecule has 1 unspecified atom stereocenters. The van der Waals surface area contributed by atoms with Gasteiger partial charge < -0.3 is 4.74 Å². The third-order valence-corrected chi connectivity index (χ3v) is 7.19. The summed E-state index contributed by atoms with van der Waals surface area (Å²) in [5, 5.41) is 0.673. The highest BCUT2D eigenvalue weighted by Gasteiger charge is 2.27. The fourth-order valence-corrected chi connectivity index (χ4v) is 5.57. The van der Waals surface area contributed by atoms with E-state index in [-0.39, 0.29) is 12.2 Å². The second kappa shape index (κ2) is 8.71. The lowest BCUT2D eigenvalue weighted by Gasteiger charge is -2.19. The molecule has 0 spiro atoms. The van der Waals surface area contributed by atoms with Crippen LogP contribution in [0.3, 0.4) is 0 Å². The molecule has 1 aliphatic carbocycles. The van der Waals surface area contributed by atoms with Gasteiger partial charge in [0.15, 0.2) is 0 Å². The molecular formula is C26H24N2O3S. The Morgan fingerprint density at radius 2 is 1.75 bits per heavy atom. The number of hydrogen-bond donors (Lipinski definition) is 0. The summed E-state index contributed by atoms with van der Waals surface area (Å²) in [6.45, 7) is 1.89. The Balaban J connectivity index is 1.60. The van der Waals surface area contributed by atoms with Gasteiger partial charge in [-0.3, -0.25) is 9.36 Å². The largest absolute Gasteiger partial charge is 0.459 e. The normalized spacial score (nSPS) is 14.2. The van der Waals surface area contributed by atoms with Crippen LogP contribution in [0.15, 0.2) is 65.5 Å². The molecule has 5 nitrogen and oxygen atoms in total. The van der Waals surface area contributed by atoms with Crippen LogP contribution < -0.4 is 5.56 Å². The van der Waals surface area contributed by atoms with E-state index in [4.69, 9.17) is 9.72 Å². The third kappa shape index (κ3) is 3.75. The van der Waals surface area contributed by atoms with Crippen LogP contribution in [0.4, 0.5) is 0 Å². The van der Waals surface area contributed by atoms with Crippen molar-refractivity contribution < 1.29 is 9.53 Å². The molecule has 2 aromatic heterocycles. The van der Waals surface area contributed by atoms with Crippen LogP contribution in [0, 0.1) is 0 Å². The molecule has 2 heterocycles. The Morgan fingerprint density at radius 1 is 1.06 bits per heavy atom. The average Bonchev–Trinajstić information content (AvgIpc) is 3.22. The van der Waals surface area contributed by atoms with E-state index in [1.807, 2.05) is 60.7 Å². The number of fused-ring (bicyclic) bond motifs is 3. The van der Waals surface area contributed by atoms with Gasteiger partial charge in [0, 0.05) is 10.4 Å². The fraction of sp³-hybridized carbons (Fsp3) is 0.269. The van der Waals surface area contributed by atoms with Crippen molar-refractivity contribution >= 4 is 27.5 Å². The minimum absolute atomic E-state index is 0.155. The van der Waals surface area contributed by atoms with E-state index in [0.29, 0.717) is 11.2 Å². The molecule has 4 aromatic rings. The molecule has 0 aliphatic heterocycles. The maximum Gasteiger partial charge on any atom is 0.329 e. The van der Waals surface area contributed by atoms with Crippen LogP contribution >= 0.6 is 11.3 Å². The van der Waals surface area contributed by atoms with Crippen LogP contribution in [0.5, 0.6) is 0 Å². The van der Waals surface area contributed by atoms with Crippen molar-refractivity contribution in [3.63, 3.8) is 0 Å². The van der Waals surface area contributed by atoms with Crippen molar-refractivity contribution in [3.05, 3.63) is 87.0 Å². The first-order valence-electron chi connectivity index (χ1n) is 11.0. The smallest absolute Gasteiger partial charge is 0.329 e. The first-order valence-corrected chi connectivity index (χ1v) is 11.8. The van der Waals surface area contributed by atoms with Gasteiger partial charge in [-0.05, 0) is 43.7 Å². The van der Waals surface area contributed by atoms with Gasteiger partial charge in [0.05, 0.1) is 5.39 Å². The molecule has 1 atom stereocenters. The quantitative estimate of drug-likeness (QED) is 0.392. The van der Waals surface area contributed by atoms with Gasteiger partial charge in [-0.15, -0.1) is 11.3 Å². The molecule has 0 radical (unpaired) electrons. The molecule has 5 rings (SSSR count). The van der Waals surface area contributed by atoms with Crippen molar-refractivity contribution in [1.29, 1.82) is 0 Å². The van der Waals surface area contributed by atoms with Gasteiger partial charge in [0.25, 0.3) is 5.56 Å². The average molecular weight is 445 g/mol. The summed E-state index contributed by atoms with van der Waals surface area (Å²) in [6, 6.07) is 18.3. The Labute approximate surface area is 190 Å². The summed E-state index contributed by atoms with van der Waals surface area (Å²) in [5.41, 5.74) is 2.68. The maximum atomic E-state index is 13.8. The van der Waals surface area contributed by atoms with Crippen LogP contribution in [0.25, 0.3) is 21.6 Å². The number of ether oxygens (including phenoxy) is 1. The minimum atomic E-state index is -0.794. The van der Waals surface area contributed by atoms with Gasteiger partial charge >= 0.3 is 5.97 Å². The number of aryl methyl sites for hydroxylation is 2. The van der Waals surface area contributed by atoms with Crippen LogP contribution in [0.1, 0.15) is 41.8 Å². The zero-order chi connectivity index (χ0) is 22.1. The highest BCUT2D eigenvalue weighted by atomic mass is 32.1. The molecule has 32 heavy (non-hydrogen) atoms. The van der Waals surface area contributed by atoms with Crippen molar-refractivity contribution in [3.8, 4) is 11.4 Å². The monoisotopic (exact) mass is 444 g/mol. The lowest BCUT2D eigenvalue weighted by molar-refractivity contribution is -0.148. The van der Waals surface area contributed by atoms with E-state index in [1.54, 1.807) is 18.3 Å². The van der Waals surface area contributed by atoms with Gasteiger partial charge in [-0.25, -0.2) is 9.78 Å². The molecule has 2 aromatic carbocycles. The standard InChI is InChI=1S/C26H24N2O3S/c1-17(26(30)31-16-18-10-4-2-5-11-18)28-23(19-12-6-3-7-13-19)27-24-22(25(28)29)20-14-8-9-15-21(20)32-24/h2-7,10-13,17H,8-9,14-16H2,1H3. The zero-order valence-corrected chi connectivity index (χ0v) is 18.7. The Kier molecular flexibility index (Phi) is 5.62. The lowest BCUT2D eigenvalue weighted by Crippen LogP contribution is -2.31. The number of aromatic nitrogens is 2. The fourth-order valence-electron chi connectivity index (χ4n) is 4.32. The molecule has 0 amide bonds. The topological polar surface area (TPSA) is 61.2 Å². The summed E-state index contributed by atoms with van der Waals surface area (Å²) in [7, 11) is 0. The maximum absolute atomic E-state index is 13.8. The van der Waals surface area contributed by atoms with E-state index in [9.17, 15) is 9.59 Å². The number of carbonyl (C=O) groups excluding carboxylic acids is 1. The second-order valence-corrected chi connectivity index (χ2v) is 9.22. The molecule has 0 saturated carbocycles. The molecule has 0 saturated heterocycles. The van der Waals surface area contributed by atoms with Gasteiger partial charge in [0.2, 0.25) is 0 Å². The number of rotatable bonds is 5. The second-order valence-electron chi connectivity index (χ2n) is 8.14. The zero-order valence-electron chi connectivity index (χ0n) is 17.9. The highest BCUT2D eigenvalue weighted by Crippen LogP contribution is 2.35. The number of nitrogens with zero attached hydrogens (tertiary/aromatic N) is 2. The molecular weight excluding hydrogens is 420 g/mol. The van der Waals surface area contributed by atoms with Crippen LogP contribution in [-0.2, 0) is 29.0 Å². The van der Waals surface area contributed by atoms with E-state index >= 15 is 0 Å². The lowest BCUT2D eigenvalue weighted by atomic mass is 9.97. The van der Waals surface area contributed by atoms with Crippen LogP contribution in [-0.4, -0.2) is 15.5 Å². The first kappa shape index (κ1) is 20.6. The van der Waals surface area contributed by atoms with Crippen molar-refractivity contribution in [2.75, 3.05) is 0 Å². The van der Waals surface area contributed by atoms with Crippen molar-refractivity contribution in [2.24, 2.45) is 0 Å². The Bertz CT molecular complexity index is 1330. The summed E-state index contributed by atoms with van der Waals surface area (Å²) in [5.74, 6) is 0.0595. The highest BCUT2D eigenvalue weighted by molar-refractivity contribution is 7.18. The molecule has 0 N–H and O–H groups in total. The van der Waals surface area contributed by atoms with Gasteiger partial charge in [0.1, 0.15) is 23.3 Å². The van der Waals surface area contributed by atoms with E-state index < -0.39 is 12.0 Å². The van der Waals surface area contributed by atoms with Crippen LogP contribution in [0.2, 0.25) is 0 Å². The summed E-state index contributed by atoms with van der Waals surface area (Å²) >= 11 is 1.62. The Hall–Kier alpha value is -3.25. The first-order chi connectivity index (χ1) is 15.6. The number of hydrogen-bond acceptors (Lipinski definition) is 5. The number of benzene rings is 2. The number of esters is 1. The summed E-state index contributed by atoms with van der Waals surface area (Å²) < 4.78 is 7.09. The van der Waals surface area contributed by atoms with Crippen molar-refractivity contribution in [2.45, 2.75) is 45.3 Å².